The lowest BCUT2D eigenvalue weighted by molar-refractivity contribution is -0.141. The van der Waals surface area contributed by atoms with Gasteiger partial charge in [-0.05, 0) is 86.1 Å². The molecule has 0 saturated heterocycles. The molecule has 1 aromatic carbocycles. The molecule has 1 N–H and O–H groups in total. The fourth-order valence-electron chi connectivity index (χ4n) is 5.07. The Bertz CT molecular complexity index is 1200. The van der Waals surface area contributed by atoms with E-state index in [9.17, 15) is 18.0 Å². The normalized spacial score (nSPS) is 21.2. The number of nitrogens with zero attached hydrogens (tertiary/aromatic N) is 3. The minimum Gasteiger partial charge on any atom is -0.320 e. The maximum absolute atomic E-state index is 13.0. The van der Waals surface area contributed by atoms with Gasteiger partial charge in [0.1, 0.15) is 11.4 Å². The molecule has 2 saturated carbocycles. The van der Waals surface area contributed by atoms with Gasteiger partial charge in [-0.3, -0.25) is 9.48 Å². The van der Waals surface area contributed by atoms with Crippen LogP contribution in [0.15, 0.2) is 36.5 Å². The standard InChI is InChI=1S/C26H29F3N4O/c1-15(2)16-8-10-19(11-9-16)33-14-18-12-23(20(17-6-7-17)13-22(18)32-33)31-25(34)21-4-3-5-24(30-21)26(27,28)29/h3-5,12-17,19H,6-11H2,1-2H3,(H,31,34). The van der Waals surface area contributed by atoms with Crippen LogP contribution < -0.4 is 5.32 Å². The molecule has 2 fully saturated rings. The van der Waals surface area contributed by atoms with Crippen LogP contribution in [0.2, 0.25) is 0 Å². The minimum atomic E-state index is -4.60. The highest BCUT2D eigenvalue weighted by Gasteiger charge is 2.33. The lowest BCUT2D eigenvalue weighted by Crippen LogP contribution is -2.21. The number of hydrogen-bond acceptors (Lipinski definition) is 3. The highest BCUT2D eigenvalue weighted by Crippen LogP contribution is 2.45. The fourth-order valence-corrected chi connectivity index (χ4v) is 5.07. The average molecular weight is 471 g/mol. The van der Waals surface area contributed by atoms with Crippen LogP contribution in [0.1, 0.15) is 86.1 Å². The predicted molar refractivity (Wildman–Crippen MR) is 125 cm³/mol. The summed E-state index contributed by atoms with van der Waals surface area (Å²) in [6, 6.07) is 7.66. The van der Waals surface area contributed by atoms with Gasteiger partial charge in [-0.15, -0.1) is 0 Å². The summed E-state index contributed by atoms with van der Waals surface area (Å²) < 4.78 is 41.1. The molecule has 2 heterocycles. The van der Waals surface area contributed by atoms with Crippen LogP contribution in [-0.2, 0) is 6.18 Å². The summed E-state index contributed by atoms with van der Waals surface area (Å²) in [5.41, 5.74) is 1.17. The number of amides is 1. The summed E-state index contributed by atoms with van der Waals surface area (Å²) >= 11 is 0. The second kappa shape index (κ2) is 8.71. The first-order valence-corrected chi connectivity index (χ1v) is 12.1. The third-order valence-electron chi connectivity index (χ3n) is 7.29. The van der Waals surface area contributed by atoms with E-state index in [2.05, 4.69) is 28.8 Å². The molecule has 2 aromatic heterocycles. The maximum atomic E-state index is 13.0. The number of hydrogen-bond donors (Lipinski definition) is 1. The number of carbonyl (C=O) groups is 1. The van der Waals surface area contributed by atoms with Crippen molar-refractivity contribution in [2.24, 2.45) is 11.8 Å². The molecule has 1 amide bonds. The summed E-state index contributed by atoms with van der Waals surface area (Å²) in [4.78, 5) is 16.3. The molecule has 8 heteroatoms. The molecule has 0 radical (unpaired) electrons. The molecule has 2 aliphatic carbocycles. The molecule has 0 atom stereocenters. The molecule has 5 nitrogen and oxygen atoms in total. The Hall–Kier alpha value is -2.90. The van der Waals surface area contributed by atoms with E-state index in [-0.39, 0.29) is 5.69 Å². The fraction of sp³-hybridized carbons (Fsp3) is 0.500. The molecule has 0 unspecified atom stereocenters. The van der Waals surface area contributed by atoms with E-state index < -0.39 is 17.8 Å². The van der Waals surface area contributed by atoms with Crippen LogP contribution in [0, 0.1) is 11.8 Å². The van der Waals surface area contributed by atoms with Crippen LogP contribution >= 0.6 is 0 Å². The summed E-state index contributed by atoms with van der Waals surface area (Å²) in [5, 5.41) is 8.60. The van der Waals surface area contributed by atoms with Gasteiger partial charge in [0.25, 0.3) is 5.91 Å². The van der Waals surface area contributed by atoms with Crippen molar-refractivity contribution in [3.8, 4) is 0 Å². The topological polar surface area (TPSA) is 59.8 Å². The molecular formula is C26H29F3N4O. The van der Waals surface area contributed by atoms with E-state index >= 15 is 0 Å². The van der Waals surface area contributed by atoms with Gasteiger partial charge in [-0.2, -0.15) is 18.3 Å². The first-order chi connectivity index (χ1) is 16.2. The molecule has 2 aliphatic rings. The average Bonchev–Trinajstić information content (AvgIpc) is 3.57. The predicted octanol–water partition coefficient (Wildman–Crippen LogP) is 6.97. The number of aromatic nitrogens is 3. The van der Waals surface area contributed by atoms with E-state index in [1.54, 1.807) is 0 Å². The van der Waals surface area contributed by atoms with E-state index in [1.807, 2.05) is 18.3 Å². The zero-order valence-corrected chi connectivity index (χ0v) is 19.4. The van der Waals surface area contributed by atoms with Gasteiger partial charge in [-0.25, -0.2) is 4.98 Å². The molecule has 0 spiro atoms. The number of halogens is 3. The largest absolute Gasteiger partial charge is 0.433 e. The van der Waals surface area contributed by atoms with Crippen molar-refractivity contribution < 1.29 is 18.0 Å². The van der Waals surface area contributed by atoms with Gasteiger partial charge >= 0.3 is 6.18 Å². The van der Waals surface area contributed by atoms with E-state index in [0.29, 0.717) is 23.6 Å². The molecule has 0 aliphatic heterocycles. The Balaban J connectivity index is 1.40. The molecule has 5 rings (SSSR count). The third-order valence-corrected chi connectivity index (χ3v) is 7.29. The molecule has 3 aromatic rings. The Morgan fingerprint density at radius 1 is 1.09 bits per heavy atom. The second-order valence-corrected chi connectivity index (χ2v) is 10.1. The SMILES string of the molecule is CC(C)C1CCC(n2cc3cc(NC(=O)c4cccc(C(F)(F)F)n4)c(C4CC4)cc3n2)CC1. The highest BCUT2D eigenvalue weighted by molar-refractivity contribution is 6.04. The van der Waals surface area contributed by atoms with Gasteiger partial charge < -0.3 is 5.32 Å². The van der Waals surface area contributed by atoms with Crippen molar-refractivity contribution in [1.29, 1.82) is 0 Å². The lowest BCUT2D eigenvalue weighted by Gasteiger charge is -2.30. The molecule has 0 bridgehead atoms. The van der Waals surface area contributed by atoms with Gasteiger partial charge in [0.2, 0.25) is 0 Å². The summed E-state index contributed by atoms with van der Waals surface area (Å²) in [5.74, 6) is 1.16. The summed E-state index contributed by atoms with van der Waals surface area (Å²) in [7, 11) is 0. The number of carbonyl (C=O) groups excluding carboxylic acids is 1. The first kappa shape index (κ1) is 22.9. The van der Waals surface area contributed by atoms with Gasteiger partial charge in [0.15, 0.2) is 0 Å². The third kappa shape index (κ3) is 4.68. The minimum absolute atomic E-state index is 0.255. The number of pyridine rings is 1. The number of alkyl halides is 3. The zero-order valence-electron chi connectivity index (χ0n) is 19.4. The number of anilines is 1. The maximum Gasteiger partial charge on any atom is 0.433 e. The number of rotatable bonds is 5. The van der Waals surface area contributed by atoms with Crippen LogP contribution in [-0.4, -0.2) is 20.7 Å². The highest BCUT2D eigenvalue weighted by atomic mass is 19.4. The summed E-state index contributed by atoms with van der Waals surface area (Å²) in [6.45, 7) is 4.58. The number of benzene rings is 1. The van der Waals surface area contributed by atoms with E-state index in [0.717, 1.165) is 54.1 Å². The van der Waals surface area contributed by atoms with E-state index in [1.165, 1.54) is 25.0 Å². The smallest absolute Gasteiger partial charge is 0.320 e. The van der Waals surface area contributed by atoms with Crippen molar-refractivity contribution in [2.45, 2.75) is 70.5 Å². The first-order valence-electron chi connectivity index (χ1n) is 12.1. The Labute approximate surface area is 196 Å². The zero-order chi connectivity index (χ0) is 24.0. The van der Waals surface area contributed by atoms with Crippen LogP contribution in [0.5, 0.6) is 0 Å². The van der Waals surface area contributed by atoms with Crippen LogP contribution in [0.3, 0.4) is 0 Å². The van der Waals surface area contributed by atoms with Crippen molar-refractivity contribution in [1.82, 2.24) is 14.8 Å². The summed E-state index contributed by atoms with van der Waals surface area (Å²) in [6.07, 6.45) is 4.11. The van der Waals surface area contributed by atoms with Gasteiger partial charge in [0, 0.05) is 17.3 Å². The lowest BCUT2D eigenvalue weighted by atomic mass is 9.80. The van der Waals surface area contributed by atoms with Crippen molar-refractivity contribution in [2.75, 3.05) is 5.32 Å². The number of nitrogens with one attached hydrogen (secondary N) is 1. The van der Waals surface area contributed by atoms with Crippen molar-refractivity contribution >= 4 is 22.5 Å². The van der Waals surface area contributed by atoms with Crippen LogP contribution in [0.4, 0.5) is 18.9 Å². The van der Waals surface area contributed by atoms with Gasteiger partial charge in [0.05, 0.1) is 11.6 Å². The number of fused-ring (bicyclic) bond motifs is 1. The van der Waals surface area contributed by atoms with Crippen LogP contribution in [0.25, 0.3) is 10.9 Å². The van der Waals surface area contributed by atoms with Gasteiger partial charge in [-0.1, -0.05) is 19.9 Å². The molecule has 180 valence electrons. The Kier molecular flexibility index (Phi) is 5.86. The Morgan fingerprint density at radius 3 is 2.47 bits per heavy atom. The molecular weight excluding hydrogens is 441 g/mol. The second-order valence-electron chi connectivity index (χ2n) is 10.1. The quantitative estimate of drug-likeness (QED) is 0.438. The van der Waals surface area contributed by atoms with Crippen molar-refractivity contribution in [3.63, 3.8) is 0 Å². The van der Waals surface area contributed by atoms with Crippen molar-refractivity contribution in [3.05, 3.63) is 53.5 Å². The Morgan fingerprint density at radius 2 is 1.82 bits per heavy atom. The monoisotopic (exact) mass is 470 g/mol. The van der Waals surface area contributed by atoms with E-state index in [4.69, 9.17) is 5.10 Å². The molecule has 34 heavy (non-hydrogen) atoms.